The van der Waals surface area contributed by atoms with Crippen molar-refractivity contribution in [1.29, 1.82) is 0 Å². The third-order valence-corrected chi connectivity index (χ3v) is 24.7. The van der Waals surface area contributed by atoms with Crippen LogP contribution in [0.5, 0.6) is 5.75 Å². The second-order valence-corrected chi connectivity index (χ2v) is 34.4. The number of carbonyl (C=O) groups is 18. The zero-order valence-corrected chi connectivity index (χ0v) is 75.2. The van der Waals surface area contributed by atoms with E-state index in [9.17, 15) is 78.3 Å². The Hall–Kier alpha value is -13.5. The van der Waals surface area contributed by atoms with Crippen LogP contribution >= 0.6 is 11.8 Å². The minimum absolute atomic E-state index is 0.0264. The number of para-hydroxylation sites is 2. The van der Waals surface area contributed by atoms with Gasteiger partial charge in [0, 0.05) is 125 Å². The third-order valence-electron chi connectivity index (χ3n) is 23.7. The van der Waals surface area contributed by atoms with E-state index in [1.165, 1.54) is 45.3 Å². The molecule has 133 heavy (non-hydrogen) atoms. The van der Waals surface area contributed by atoms with E-state index in [1.807, 2.05) is 6.92 Å². The predicted molar refractivity (Wildman–Crippen MR) is 477 cm³/mol. The quantitative estimate of drug-likeness (QED) is 0.0269. The second-order valence-electron chi connectivity index (χ2n) is 33.3. The average molecular weight is 1870 g/mol. The molecule has 3 aliphatic heterocycles. The number of hydrogen-bond acceptors (Lipinski definition) is 26. The topological polar surface area (TPSA) is 683 Å². The minimum Gasteiger partial charge on any atom is -0.508 e. The molecule has 3 aromatic heterocycles. The molecule has 2 fully saturated rings. The third kappa shape index (κ3) is 28.3. The summed E-state index contributed by atoms with van der Waals surface area (Å²) in [6.45, 7) is 2.42. The van der Waals surface area contributed by atoms with E-state index in [4.69, 9.17) is 17.2 Å². The van der Waals surface area contributed by atoms with Crippen molar-refractivity contribution in [3.8, 4) is 5.75 Å². The molecule has 6 aromatic rings. The van der Waals surface area contributed by atoms with Crippen LogP contribution in [0.25, 0.3) is 21.8 Å². The number of aromatic hydroxyl groups is 1. The zero-order chi connectivity index (χ0) is 97.0. The van der Waals surface area contributed by atoms with Gasteiger partial charge >= 0.3 is 17.9 Å². The number of rotatable bonds is 26. The van der Waals surface area contributed by atoms with E-state index < -0.39 is 273 Å². The first-order chi connectivity index (χ1) is 63.4. The summed E-state index contributed by atoms with van der Waals surface area (Å²) in [5.41, 5.74) is 20.5. The predicted octanol–water partition coefficient (Wildman–Crippen LogP) is -2.40. The largest absolute Gasteiger partial charge is 0.508 e. The van der Waals surface area contributed by atoms with Crippen molar-refractivity contribution in [2.75, 3.05) is 58.3 Å². The molecule has 46 heteroatoms. The number of benzene rings is 3. The summed E-state index contributed by atoms with van der Waals surface area (Å²) in [5.74, 6) is -22.0. The molecule has 3 aliphatic rings. The summed E-state index contributed by atoms with van der Waals surface area (Å²) in [7, 11) is 2.64. The van der Waals surface area contributed by atoms with Crippen LogP contribution in [0.2, 0.25) is 0 Å². The second kappa shape index (κ2) is 49.1. The number of carboxylic acid groups (broad SMARTS) is 3. The van der Waals surface area contributed by atoms with E-state index in [-0.39, 0.29) is 82.5 Å². The van der Waals surface area contributed by atoms with Crippen LogP contribution < -0.4 is 65.1 Å². The number of unbranched alkanes of at least 4 members (excludes halogenated alkanes) is 2. The number of amides is 14. The number of aliphatic hydroxyl groups is 1. The van der Waals surface area contributed by atoms with Crippen LogP contribution in [-0.4, -0.2) is 313 Å². The molecule has 0 radical (unpaired) electrons. The minimum atomic E-state index is -1.93. The molecule has 2 saturated heterocycles. The highest BCUT2D eigenvalue weighted by Crippen LogP contribution is 2.30. The lowest BCUT2D eigenvalue weighted by Gasteiger charge is -2.36. The summed E-state index contributed by atoms with van der Waals surface area (Å²) in [4.78, 5) is 269. The lowest BCUT2D eigenvalue weighted by atomic mass is 9.91. The van der Waals surface area contributed by atoms with Gasteiger partial charge in [0.2, 0.25) is 82.7 Å². The van der Waals surface area contributed by atoms with E-state index in [0.717, 1.165) is 36.0 Å². The Morgan fingerprint density at radius 3 is 1.73 bits per heavy atom. The number of likely N-dealkylation sites (N-methyl/N-ethyl adjacent to an activating group) is 2. The van der Waals surface area contributed by atoms with Gasteiger partial charge in [0.05, 0.1) is 36.9 Å². The molecular formula is C87H118N22O23S. The molecule has 0 spiro atoms. The number of hydrogen-bond donors (Lipinski definition) is 19. The van der Waals surface area contributed by atoms with Crippen molar-refractivity contribution in [2.24, 2.45) is 23.1 Å². The van der Waals surface area contributed by atoms with Crippen molar-refractivity contribution in [3.63, 3.8) is 0 Å². The molecule has 0 bridgehead atoms. The van der Waals surface area contributed by atoms with Gasteiger partial charge in [-0.3, -0.25) is 86.3 Å². The Balaban J connectivity index is 1.10. The van der Waals surface area contributed by atoms with Gasteiger partial charge in [-0.25, -0.2) is 4.68 Å². The van der Waals surface area contributed by atoms with Gasteiger partial charge in [0.25, 0.3) is 0 Å². The molecule has 45 nitrogen and oxygen atoms in total. The van der Waals surface area contributed by atoms with Crippen molar-refractivity contribution in [1.82, 2.24) is 97.6 Å². The monoisotopic (exact) mass is 1870 g/mol. The van der Waals surface area contributed by atoms with E-state index in [1.54, 1.807) is 67.8 Å². The molecule has 0 aliphatic carbocycles. The lowest BCUT2D eigenvalue weighted by Crippen LogP contribution is -2.60. The number of nitrogens with one attached hydrogen (secondary N) is 11. The number of phenolic OH excluding ortho intramolecular Hbond substituents is 1. The van der Waals surface area contributed by atoms with E-state index in [0.29, 0.717) is 57.8 Å². The standard InChI is InChI=1S/C87H118N22O23S/c1-6-8-19-65-81(126)95-57(26-28-72(115)116)79(124)101-64(78(123)93-42-70(90)113)44-133-45-71(114)94-60(33-47-22-24-51(110)25-23-47)75-102-103-104-109(75)46(3)76(121)98-62(38-74(119)120)86(131)107-32-14-21-66(107)82(127)100-63(39-89)80(125)96-58(27-29-73(117)118)85(130)108-43-52(111)37-68(108)83(128)97-59(34-49-40-91-55-17-12-10-15-53(49)55)69(112)36-48(30-31-88)77(122)99-61(35-50-41-92-56-18-13-11-16-54(50)56)84(129)106(5)67(20-9-7-2)87(132)105(65)4/h10-13,15-18,22-25,40-41,46,48,52,57-68,91-92,110-111H,6-9,14,19-21,26-39,42-45,88-89H2,1-5H3,(H2,90,113)(H,93,123)(H,94,114)(H,95,126)(H,96,125)(H,97,128)(H,98,121)(H,99,122)(H,100,127)(H,101,124)(H,115,116)(H,117,118)(H,119,120)/t46-,48+,52+,57-,58-,59-,60-,61-,62-,63-,64-,65-,66-,67-,68-/m0/s1. The van der Waals surface area contributed by atoms with Crippen molar-refractivity contribution in [3.05, 3.63) is 108 Å². The molecule has 9 rings (SSSR count). The van der Waals surface area contributed by atoms with Crippen LogP contribution in [0.4, 0.5) is 0 Å². The number of fused-ring (bicyclic) bond motifs is 5. The van der Waals surface area contributed by atoms with Gasteiger partial charge in [0.1, 0.15) is 72.2 Å². The fraction of sp³-hybridized carbons (Fsp3) is 0.529. The Labute approximate surface area is 768 Å². The molecule has 0 saturated carbocycles. The number of nitrogens with zero attached hydrogens (tertiary/aromatic N) is 8. The number of nitrogens with two attached hydrogens (primary N) is 3. The van der Waals surface area contributed by atoms with Gasteiger partial charge in [-0.2, -0.15) is 0 Å². The number of aromatic nitrogens is 6. The molecule has 720 valence electrons. The van der Waals surface area contributed by atoms with Gasteiger partial charge in [-0.1, -0.05) is 88.1 Å². The maximum Gasteiger partial charge on any atom is 0.305 e. The molecular weight excluding hydrogens is 1750 g/mol. The highest BCUT2D eigenvalue weighted by atomic mass is 32.2. The number of phenols is 1. The summed E-state index contributed by atoms with van der Waals surface area (Å²) < 4.78 is 0.950. The van der Waals surface area contributed by atoms with E-state index in [2.05, 4.69) is 73.3 Å². The van der Waals surface area contributed by atoms with Crippen LogP contribution in [0.15, 0.2) is 85.2 Å². The maximum absolute atomic E-state index is 15.8. The Bertz CT molecular complexity index is 5200. The Morgan fingerprint density at radius 2 is 1.12 bits per heavy atom. The zero-order valence-electron chi connectivity index (χ0n) is 74.4. The number of Topliss-reactive ketones (excluding diaryl/α,β-unsaturated/α-hetero) is 1. The first-order valence-corrected chi connectivity index (χ1v) is 45.2. The number of ketones is 1. The summed E-state index contributed by atoms with van der Waals surface area (Å²) in [6.07, 6.45) is -2.69. The Kier molecular flexibility index (Phi) is 38.1. The Morgan fingerprint density at radius 1 is 0.564 bits per heavy atom. The van der Waals surface area contributed by atoms with E-state index >= 15 is 33.6 Å². The molecule has 0 unspecified atom stereocenters. The highest BCUT2D eigenvalue weighted by molar-refractivity contribution is 8.00. The fourth-order valence-electron chi connectivity index (χ4n) is 16.4. The average Bonchev–Trinajstić information content (AvgIpc) is 1.53. The molecule has 3 aromatic carbocycles. The van der Waals surface area contributed by atoms with Crippen LogP contribution in [0.3, 0.4) is 0 Å². The number of primary amides is 1. The number of carboxylic acids is 3. The van der Waals surface area contributed by atoms with Crippen LogP contribution in [0.1, 0.15) is 158 Å². The lowest BCUT2D eigenvalue weighted by molar-refractivity contribution is -0.149. The van der Waals surface area contributed by atoms with Gasteiger partial charge < -0.3 is 120 Å². The van der Waals surface area contributed by atoms with Gasteiger partial charge in [-0.05, 0) is 110 Å². The van der Waals surface area contributed by atoms with Gasteiger partial charge in [-0.15, -0.1) is 16.9 Å². The molecule has 6 heterocycles. The summed E-state index contributed by atoms with van der Waals surface area (Å²) in [6, 6.07) is -1.25. The van der Waals surface area contributed by atoms with Crippen molar-refractivity contribution < 1.29 is 112 Å². The number of carbonyl (C=O) groups excluding carboxylic acids is 15. The number of H-pyrrole nitrogens is 2. The summed E-state index contributed by atoms with van der Waals surface area (Å²) in [5, 5.41) is 88.1. The normalized spacial score (nSPS) is 24.8. The fourth-order valence-corrected chi connectivity index (χ4v) is 17.3. The molecule has 15 atom stereocenters. The smallest absolute Gasteiger partial charge is 0.305 e. The number of tetrazole rings is 1. The van der Waals surface area contributed by atoms with Crippen LogP contribution in [0, 0.1) is 5.92 Å². The first-order valence-electron chi connectivity index (χ1n) is 44.1. The first kappa shape index (κ1) is 103. The van der Waals surface area contributed by atoms with Crippen molar-refractivity contribution in [2.45, 2.75) is 227 Å². The highest BCUT2D eigenvalue weighted by Gasteiger charge is 2.47. The van der Waals surface area contributed by atoms with Gasteiger partial charge in [0.15, 0.2) is 11.6 Å². The molecule has 22 N–H and O–H groups in total. The molecule has 14 amide bonds. The SMILES string of the molecule is CCCC[C@H]1C(=O)N(C)[C@@H](CCCC)C(=O)N[C@@H](CCC(=O)O)C(=O)N[C@H](C(=O)NCC(N)=O)CSCC(=O)N[C@@H](Cc2ccc(O)cc2)c2nnnn2[C@@H](C)C(=O)N[C@@H](CC(=O)O)C(=O)N2CCC[C@H]2C(=O)N[C@@H](CN)C(=O)N[C@@H](CCC(=O)O)C(=O)N2C[C@H](O)C[C@H]2C(=O)N[C@@H](Cc2c[nH]c3ccccc23)C(=O)C[C@@H](CCN)C(=O)N[C@@H](Cc2c[nH]c3ccccc23)C(=O)N1C. The number of thioether (sulfide) groups is 1. The number of aliphatic carboxylic acids is 3. The summed E-state index contributed by atoms with van der Waals surface area (Å²) >= 11 is 0.737. The number of aliphatic hydroxyl groups excluding tert-OH is 1. The number of aromatic amines is 2. The van der Waals surface area contributed by atoms with Crippen LogP contribution in [-0.2, 0) is 106 Å². The maximum atomic E-state index is 15.8. The van der Waals surface area contributed by atoms with Crippen molar-refractivity contribution >= 4 is 140 Å².